The van der Waals surface area contributed by atoms with Crippen LogP contribution in [-0.2, 0) is 7.05 Å². The first-order chi connectivity index (χ1) is 11.5. The summed E-state index contributed by atoms with van der Waals surface area (Å²) in [5.74, 6) is 1.58. The molecule has 0 bridgehead atoms. The summed E-state index contributed by atoms with van der Waals surface area (Å²) in [5, 5.41) is 15.8. The number of anilines is 1. The van der Waals surface area contributed by atoms with Gasteiger partial charge in [0.25, 0.3) is 0 Å². The van der Waals surface area contributed by atoms with Gasteiger partial charge >= 0.3 is 0 Å². The summed E-state index contributed by atoms with van der Waals surface area (Å²) in [6, 6.07) is 9.73. The minimum Gasteiger partial charge on any atom is -0.388 e. The Kier molecular flexibility index (Phi) is 4.49. The summed E-state index contributed by atoms with van der Waals surface area (Å²) in [7, 11) is 3.88. The monoisotopic (exact) mass is 325 g/mol. The zero-order valence-electron chi connectivity index (χ0n) is 14.6. The lowest BCUT2D eigenvalue weighted by molar-refractivity contribution is 0.170. The van der Waals surface area contributed by atoms with Crippen LogP contribution in [0.3, 0.4) is 0 Å². The zero-order chi connectivity index (χ0) is 17.3. The van der Waals surface area contributed by atoms with Crippen LogP contribution in [0.15, 0.2) is 30.3 Å². The number of hydrogen-bond acceptors (Lipinski definition) is 5. The largest absolute Gasteiger partial charge is 0.388 e. The van der Waals surface area contributed by atoms with Crippen molar-refractivity contribution >= 4 is 16.9 Å². The van der Waals surface area contributed by atoms with E-state index in [0.29, 0.717) is 13.0 Å². The molecule has 0 amide bonds. The number of aliphatic hydroxyl groups excluding tert-OH is 1. The van der Waals surface area contributed by atoms with Crippen molar-refractivity contribution in [3.05, 3.63) is 47.4 Å². The normalized spacial score (nSPS) is 12.5. The van der Waals surface area contributed by atoms with Crippen molar-refractivity contribution in [2.75, 3.05) is 18.5 Å². The number of aliphatic hydroxyl groups is 1. The summed E-state index contributed by atoms with van der Waals surface area (Å²) >= 11 is 0. The van der Waals surface area contributed by atoms with Crippen LogP contribution in [0.4, 0.5) is 5.82 Å². The third-order valence-electron chi connectivity index (χ3n) is 4.23. The molecule has 0 saturated carbocycles. The highest BCUT2D eigenvalue weighted by Gasteiger charge is 2.17. The van der Waals surface area contributed by atoms with Gasteiger partial charge in [0.15, 0.2) is 5.65 Å². The Labute approximate surface area is 141 Å². The Morgan fingerprint density at radius 1 is 1.17 bits per heavy atom. The topological polar surface area (TPSA) is 67.1 Å². The molecule has 6 nitrogen and oxygen atoms in total. The number of benzene rings is 1. The Hall–Kier alpha value is -2.47. The summed E-state index contributed by atoms with van der Waals surface area (Å²) in [4.78, 5) is 11.2. The van der Waals surface area contributed by atoms with Crippen LogP contribution < -0.4 is 4.90 Å². The number of nitrogens with zero attached hydrogens (tertiary/aromatic N) is 5. The van der Waals surface area contributed by atoms with E-state index >= 15 is 0 Å². The Morgan fingerprint density at radius 2 is 1.88 bits per heavy atom. The number of fused-ring (bicyclic) bond motifs is 1. The maximum atomic E-state index is 10.4. The van der Waals surface area contributed by atoms with Gasteiger partial charge in [0.1, 0.15) is 11.6 Å². The van der Waals surface area contributed by atoms with Gasteiger partial charge in [-0.15, -0.1) is 0 Å². The van der Waals surface area contributed by atoms with Crippen molar-refractivity contribution in [3.8, 4) is 0 Å². The fourth-order valence-corrected chi connectivity index (χ4v) is 2.96. The van der Waals surface area contributed by atoms with E-state index in [1.165, 1.54) is 0 Å². The molecule has 0 fully saturated rings. The second-order valence-corrected chi connectivity index (χ2v) is 6.14. The van der Waals surface area contributed by atoms with Crippen molar-refractivity contribution < 1.29 is 5.11 Å². The fourth-order valence-electron chi connectivity index (χ4n) is 2.96. The minimum atomic E-state index is -0.484. The highest BCUT2D eigenvalue weighted by atomic mass is 16.3. The molecule has 1 aromatic carbocycles. The van der Waals surface area contributed by atoms with Crippen LogP contribution in [0.1, 0.15) is 29.6 Å². The molecule has 0 unspecified atom stereocenters. The lowest BCUT2D eigenvalue weighted by Gasteiger charge is -2.21. The summed E-state index contributed by atoms with van der Waals surface area (Å²) in [5.41, 5.74) is 2.69. The summed E-state index contributed by atoms with van der Waals surface area (Å²) in [6.45, 7) is 4.55. The summed E-state index contributed by atoms with van der Waals surface area (Å²) in [6.07, 6.45) is 0.145. The van der Waals surface area contributed by atoms with Crippen molar-refractivity contribution in [1.82, 2.24) is 19.7 Å². The van der Waals surface area contributed by atoms with Crippen molar-refractivity contribution in [2.45, 2.75) is 26.4 Å². The second kappa shape index (κ2) is 6.57. The van der Waals surface area contributed by atoms with Crippen molar-refractivity contribution in [1.29, 1.82) is 0 Å². The highest BCUT2D eigenvalue weighted by molar-refractivity contribution is 5.89. The van der Waals surface area contributed by atoms with E-state index in [0.717, 1.165) is 33.9 Å². The SMILES string of the molecule is Cc1nc(N(C)CC[C@@H](O)c2ccccc2)c2c(C)nn(C)c2n1. The van der Waals surface area contributed by atoms with Crippen LogP contribution >= 0.6 is 0 Å². The van der Waals surface area contributed by atoms with E-state index in [1.54, 1.807) is 4.68 Å². The molecule has 6 heteroatoms. The Bertz CT molecular complexity index is 843. The maximum Gasteiger partial charge on any atom is 0.163 e. The smallest absolute Gasteiger partial charge is 0.163 e. The molecule has 2 heterocycles. The molecular weight excluding hydrogens is 302 g/mol. The van der Waals surface area contributed by atoms with Gasteiger partial charge in [-0.1, -0.05) is 30.3 Å². The number of hydrogen-bond donors (Lipinski definition) is 1. The van der Waals surface area contributed by atoms with Crippen LogP contribution in [-0.4, -0.2) is 38.4 Å². The number of aryl methyl sites for hydroxylation is 3. The third kappa shape index (κ3) is 3.10. The van der Waals surface area contributed by atoms with Crippen LogP contribution in [0.2, 0.25) is 0 Å². The first-order valence-electron chi connectivity index (χ1n) is 8.09. The molecule has 126 valence electrons. The van der Waals surface area contributed by atoms with E-state index in [9.17, 15) is 5.11 Å². The molecule has 24 heavy (non-hydrogen) atoms. The lowest BCUT2D eigenvalue weighted by Crippen LogP contribution is -2.22. The lowest BCUT2D eigenvalue weighted by atomic mass is 10.1. The predicted octanol–water partition coefficient (Wildman–Crippen LogP) is 2.54. The minimum absolute atomic E-state index is 0.484. The average Bonchev–Trinajstić information content (AvgIpc) is 2.86. The van der Waals surface area contributed by atoms with E-state index in [-0.39, 0.29) is 0 Å². The molecule has 2 aromatic heterocycles. The third-order valence-corrected chi connectivity index (χ3v) is 4.23. The molecular formula is C18H23N5O. The Balaban J connectivity index is 1.83. The molecule has 0 saturated heterocycles. The first-order valence-corrected chi connectivity index (χ1v) is 8.09. The quantitative estimate of drug-likeness (QED) is 0.781. The molecule has 0 aliphatic heterocycles. The molecule has 0 aliphatic rings. The first kappa shape index (κ1) is 16.4. The molecule has 0 aliphatic carbocycles. The molecule has 0 spiro atoms. The van der Waals surface area contributed by atoms with Gasteiger partial charge in [0.2, 0.25) is 0 Å². The maximum absolute atomic E-state index is 10.4. The summed E-state index contributed by atoms with van der Waals surface area (Å²) < 4.78 is 1.79. The van der Waals surface area contributed by atoms with Gasteiger partial charge in [-0.2, -0.15) is 5.10 Å². The number of rotatable bonds is 5. The fraction of sp³-hybridized carbons (Fsp3) is 0.389. The average molecular weight is 325 g/mol. The van der Waals surface area contributed by atoms with Gasteiger partial charge in [-0.05, 0) is 25.8 Å². The van der Waals surface area contributed by atoms with E-state index in [4.69, 9.17) is 0 Å². The molecule has 3 rings (SSSR count). The van der Waals surface area contributed by atoms with E-state index < -0.39 is 6.10 Å². The van der Waals surface area contributed by atoms with Gasteiger partial charge in [0, 0.05) is 20.6 Å². The van der Waals surface area contributed by atoms with E-state index in [2.05, 4.69) is 20.0 Å². The highest BCUT2D eigenvalue weighted by Crippen LogP contribution is 2.27. The van der Waals surface area contributed by atoms with Crippen LogP contribution in [0.25, 0.3) is 11.0 Å². The van der Waals surface area contributed by atoms with E-state index in [1.807, 2.05) is 58.3 Å². The Morgan fingerprint density at radius 3 is 2.58 bits per heavy atom. The molecule has 3 aromatic rings. The predicted molar refractivity (Wildman–Crippen MR) is 95.1 cm³/mol. The number of aromatic nitrogens is 4. The van der Waals surface area contributed by atoms with Gasteiger partial charge in [-0.25, -0.2) is 9.97 Å². The molecule has 1 N–H and O–H groups in total. The van der Waals surface area contributed by atoms with Crippen molar-refractivity contribution in [2.24, 2.45) is 7.05 Å². The molecule has 0 radical (unpaired) electrons. The van der Waals surface area contributed by atoms with Gasteiger partial charge in [0.05, 0.1) is 17.2 Å². The van der Waals surface area contributed by atoms with Crippen molar-refractivity contribution in [3.63, 3.8) is 0 Å². The zero-order valence-corrected chi connectivity index (χ0v) is 14.6. The standard InChI is InChI=1S/C18H23N5O/c1-12-16-17(19-13(2)20-18(16)23(4)21-12)22(3)11-10-15(24)14-8-6-5-7-9-14/h5-9,15,24H,10-11H2,1-4H3/t15-/m1/s1. The van der Waals surface area contributed by atoms with Crippen LogP contribution in [0, 0.1) is 13.8 Å². The van der Waals surface area contributed by atoms with Gasteiger partial charge in [-0.3, -0.25) is 4.68 Å². The van der Waals surface area contributed by atoms with Crippen LogP contribution in [0.5, 0.6) is 0 Å². The molecule has 1 atom stereocenters. The second-order valence-electron chi connectivity index (χ2n) is 6.14. The van der Waals surface area contributed by atoms with Gasteiger partial charge < -0.3 is 10.0 Å².